The molecular weight excluding hydrogens is 483 g/mol. The molecule has 2 saturated heterocycles. The summed E-state index contributed by atoms with van der Waals surface area (Å²) in [7, 11) is 0. The molecule has 0 spiro atoms. The third kappa shape index (κ3) is 6.56. The number of ether oxygens (including phenoxy) is 1. The van der Waals surface area contributed by atoms with Gasteiger partial charge < -0.3 is 19.9 Å². The van der Waals surface area contributed by atoms with Gasteiger partial charge in [-0.15, -0.1) is 13.2 Å². The number of aromatic nitrogens is 2. The maximum Gasteiger partial charge on any atom is 0.573 e. The number of alkyl halides is 3. The molecule has 1 amide bonds. The lowest BCUT2D eigenvalue weighted by Gasteiger charge is -2.36. The van der Waals surface area contributed by atoms with Gasteiger partial charge in [-0.1, -0.05) is 12.1 Å². The SMILES string of the molecule is O=C(/C=C/c1ccc(OC(F)(F)F)cc1)Nc1ccc2nc(N3CCC(N4CCCC4)CC3)ncc2c1. The number of nitrogens with zero attached hydrogens (tertiary/aromatic N) is 4. The van der Waals surface area contributed by atoms with E-state index in [1.165, 1.54) is 62.3 Å². The number of anilines is 2. The van der Waals surface area contributed by atoms with Crippen LogP contribution in [0.3, 0.4) is 0 Å². The smallest absolute Gasteiger partial charge is 0.406 e. The van der Waals surface area contributed by atoms with Crippen LogP contribution in [-0.2, 0) is 4.79 Å². The normalized spacial score (nSPS) is 17.5. The second-order valence-electron chi connectivity index (χ2n) is 9.34. The second-order valence-corrected chi connectivity index (χ2v) is 9.34. The molecule has 3 heterocycles. The third-order valence-corrected chi connectivity index (χ3v) is 6.78. The molecule has 3 aromatic rings. The summed E-state index contributed by atoms with van der Waals surface area (Å²) >= 11 is 0. The highest BCUT2D eigenvalue weighted by atomic mass is 19.4. The van der Waals surface area contributed by atoms with E-state index in [0.717, 1.165) is 42.8 Å². The fourth-order valence-corrected chi connectivity index (χ4v) is 4.93. The van der Waals surface area contributed by atoms with Gasteiger partial charge in [0.2, 0.25) is 11.9 Å². The van der Waals surface area contributed by atoms with Crippen molar-refractivity contribution >= 4 is 34.5 Å². The largest absolute Gasteiger partial charge is 0.573 e. The number of carbonyl (C=O) groups is 1. The van der Waals surface area contributed by atoms with Crippen molar-refractivity contribution in [3.05, 3.63) is 60.3 Å². The van der Waals surface area contributed by atoms with Crippen LogP contribution < -0.4 is 15.0 Å². The van der Waals surface area contributed by atoms with E-state index in [1.807, 2.05) is 12.1 Å². The van der Waals surface area contributed by atoms with Gasteiger partial charge >= 0.3 is 6.36 Å². The summed E-state index contributed by atoms with van der Waals surface area (Å²) in [6.07, 6.45) is 4.74. The predicted molar refractivity (Wildman–Crippen MR) is 136 cm³/mol. The molecule has 2 aliphatic rings. The van der Waals surface area contributed by atoms with Crippen LogP contribution in [-0.4, -0.2) is 59.4 Å². The molecule has 10 heteroatoms. The Labute approximate surface area is 212 Å². The van der Waals surface area contributed by atoms with Gasteiger partial charge in [-0.25, -0.2) is 9.97 Å². The highest BCUT2D eigenvalue weighted by Gasteiger charge is 2.31. The fourth-order valence-electron chi connectivity index (χ4n) is 4.93. The van der Waals surface area contributed by atoms with E-state index < -0.39 is 6.36 Å². The van der Waals surface area contributed by atoms with Crippen molar-refractivity contribution in [1.29, 1.82) is 0 Å². The molecule has 0 unspecified atom stereocenters. The fraction of sp³-hybridized carbons (Fsp3) is 0.370. The number of hydrogen-bond donors (Lipinski definition) is 1. The molecular formula is C27H28F3N5O2. The number of nitrogens with one attached hydrogen (secondary N) is 1. The average molecular weight is 512 g/mol. The molecule has 0 radical (unpaired) electrons. The van der Waals surface area contributed by atoms with Crippen molar-refractivity contribution in [2.45, 2.75) is 38.1 Å². The number of amides is 1. The number of carbonyl (C=O) groups excluding carboxylic acids is 1. The monoisotopic (exact) mass is 511 g/mol. The Kier molecular flexibility index (Phi) is 7.27. The first-order valence-electron chi connectivity index (χ1n) is 12.4. The van der Waals surface area contributed by atoms with Crippen LogP contribution in [0.15, 0.2) is 54.7 Å². The standard InChI is InChI=1S/C27H28F3N5O2/c28-27(29,30)37-23-7-3-19(4-8-23)5-10-25(36)32-21-6-9-24-20(17-21)18-31-26(33-24)35-15-11-22(12-16-35)34-13-1-2-14-34/h3-10,17-18,22H,1-2,11-16H2,(H,32,36)/b10-5+. The highest BCUT2D eigenvalue weighted by molar-refractivity contribution is 6.02. The molecule has 2 aromatic carbocycles. The molecule has 2 aliphatic heterocycles. The lowest BCUT2D eigenvalue weighted by Crippen LogP contribution is -2.44. The zero-order valence-corrected chi connectivity index (χ0v) is 20.2. The Hall–Kier alpha value is -3.66. The van der Waals surface area contributed by atoms with Crippen molar-refractivity contribution in [1.82, 2.24) is 14.9 Å². The maximum atomic E-state index is 12.3. The molecule has 5 rings (SSSR count). The first-order chi connectivity index (χ1) is 17.8. The molecule has 2 fully saturated rings. The number of hydrogen-bond acceptors (Lipinski definition) is 6. The summed E-state index contributed by atoms with van der Waals surface area (Å²) in [6, 6.07) is 11.4. The van der Waals surface area contributed by atoms with Crippen LogP contribution in [0.4, 0.5) is 24.8 Å². The van der Waals surface area contributed by atoms with Crippen molar-refractivity contribution in [2.75, 3.05) is 36.4 Å². The van der Waals surface area contributed by atoms with Crippen LogP contribution in [0.5, 0.6) is 5.75 Å². The molecule has 37 heavy (non-hydrogen) atoms. The zero-order valence-electron chi connectivity index (χ0n) is 20.2. The van der Waals surface area contributed by atoms with Crippen LogP contribution in [0.2, 0.25) is 0 Å². The molecule has 7 nitrogen and oxygen atoms in total. The Morgan fingerprint density at radius 2 is 1.76 bits per heavy atom. The topological polar surface area (TPSA) is 70.6 Å². The van der Waals surface area contributed by atoms with Gasteiger partial charge in [0.05, 0.1) is 5.52 Å². The Bertz CT molecular complexity index is 1270. The van der Waals surface area contributed by atoms with E-state index >= 15 is 0 Å². The Morgan fingerprint density at radius 1 is 1.03 bits per heavy atom. The molecule has 0 atom stereocenters. The number of halogens is 3. The van der Waals surface area contributed by atoms with Crippen LogP contribution in [0, 0.1) is 0 Å². The molecule has 0 bridgehead atoms. The summed E-state index contributed by atoms with van der Waals surface area (Å²) in [5, 5.41) is 3.60. The average Bonchev–Trinajstić information content (AvgIpc) is 3.42. The van der Waals surface area contributed by atoms with Gasteiger partial charge in [0.25, 0.3) is 0 Å². The Balaban J connectivity index is 1.17. The van der Waals surface area contributed by atoms with E-state index in [0.29, 0.717) is 17.3 Å². The second kappa shape index (κ2) is 10.8. The minimum atomic E-state index is -4.74. The predicted octanol–water partition coefficient (Wildman–Crippen LogP) is 5.24. The summed E-state index contributed by atoms with van der Waals surface area (Å²) in [4.78, 5) is 26.5. The van der Waals surface area contributed by atoms with E-state index in [-0.39, 0.29) is 11.7 Å². The molecule has 0 saturated carbocycles. The number of fused-ring (bicyclic) bond motifs is 1. The van der Waals surface area contributed by atoms with Gasteiger partial charge in [-0.3, -0.25) is 4.79 Å². The van der Waals surface area contributed by atoms with Crippen molar-refractivity contribution in [2.24, 2.45) is 0 Å². The van der Waals surface area contributed by atoms with Crippen molar-refractivity contribution in [3.8, 4) is 5.75 Å². The summed E-state index contributed by atoms with van der Waals surface area (Å²) in [5.74, 6) is 0.0503. The van der Waals surface area contributed by atoms with Crippen LogP contribution >= 0.6 is 0 Å². The summed E-state index contributed by atoms with van der Waals surface area (Å²) < 4.78 is 40.6. The van der Waals surface area contributed by atoms with Crippen molar-refractivity contribution < 1.29 is 22.7 Å². The number of rotatable bonds is 6. The molecule has 1 N–H and O–H groups in total. The summed E-state index contributed by atoms with van der Waals surface area (Å²) in [6.45, 7) is 4.34. The minimum absolute atomic E-state index is 0.317. The van der Waals surface area contributed by atoms with Gasteiger partial charge in [0.15, 0.2) is 0 Å². The van der Waals surface area contributed by atoms with Gasteiger partial charge in [0.1, 0.15) is 5.75 Å². The quantitative estimate of drug-likeness (QED) is 0.456. The van der Waals surface area contributed by atoms with E-state index in [2.05, 4.69) is 24.8 Å². The molecule has 0 aliphatic carbocycles. The molecule has 194 valence electrons. The number of benzene rings is 2. The first kappa shape index (κ1) is 25.0. The highest BCUT2D eigenvalue weighted by Crippen LogP contribution is 2.26. The molecule has 1 aromatic heterocycles. The Morgan fingerprint density at radius 3 is 2.46 bits per heavy atom. The minimum Gasteiger partial charge on any atom is -0.406 e. The van der Waals surface area contributed by atoms with Gasteiger partial charge in [0, 0.05) is 42.5 Å². The van der Waals surface area contributed by atoms with Gasteiger partial charge in [-0.2, -0.15) is 0 Å². The maximum absolute atomic E-state index is 12.3. The van der Waals surface area contributed by atoms with Gasteiger partial charge in [-0.05, 0) is 80.7 Å². The van der Waals surface area contributed by atoms with E-state index in [9.17, 15) is 18.0 Å². The van der Waals surface area contributed by atoms with E-state index in [4.69, 9.17) is 4.98 Å². The number of piperidine rings is 1. The van der Waals surface area contributed by atoms with Crippen LogP contribution in [0.25, 0.3) is 17.0 Å². The third-order valence-electron chi connectivity index (χ3n) is 6.78. The number of likely N-dealkylation sites (tertiary alicyclic amines) is 1. The van der Waals surface area contributed by atoms with Crippen LogP contribution in [0.1, 0.15) is 31.2 Å². The lowest BCUT2D eigenvalue weighted by molar-refractivity contribution is -0.274. The van der Waals surface area contributed by atoms with E-state index in [1.54, 1.807) is 12.3 Å². The summed E-state index contributed by atoms with van der Waals surface area (Å²) in [5.41, 5.74) is 1.97. The first-order valence-corrected chi connectivity index (χ1v) is 12.4. The lowest BCUT2D eigenvalue weighted by atomic mass is 10.0. The van der Waals surface area contributed by atoms with Crippen molar-refractivity contribution in [3.63, 3.8) is 0 Å². The zero-order chi connectivity index (χ0) is 25.8.